The van der Waals surface area contributed by atoms with Crippen molar-refractivity contribution >= 4 is 25.5 Å². The van der Waals surface area contributed by atoms with Crippen LogP contribution < -0.4 is 0 Å². The molecule has 0 unspecified atom stereocenters. The summed E-state index contributed by atoms with van der Waals surface area (Å²) in [6.45, 7) is 10.3. The highest BCUT2D eigenvalue weighted by molar-refractivity contribution is 6.76. The van der Waals surface area contributed by atoms with Crippen molar-refractivity contribution in [2.45, 2.75) is 56.9 Å². The van der Waals surface area contributed by atoms with Gasteiger partial charge in [-0.25, -0.2) is 0 Å². The lowest BCUT2D eigenvalue weighted by molar-refractivity contribution is -0.126. The van der Waals surface area contributed by atoms with Crippen LogP contribution >= 0.6 is 11.6 Å². The molecule has 1 N–H and O–H groups in total. The number of halogens is 1. The molecule has 4 heteroatoms. The largest absolute Gasteiger partial charge is 0.388 e. The number of hydrogen-bond acceptors (Lipinski definition) is 2. The zero-order chi connectivity index (χ0) is 16.3. The summed E-state index contributed by atoms with van der Waals surface area (Å²) in [6.07, 6.45) is -0.461. The highest BCUT2D eigenvalue weighted by Crippen LogP contribution is 2.33. The molecule has 0 heterocycles. The third-order valence-corrected chi connectivity index (χ3v) is 5.16. The molecule has 0 saturated carbocycles. The number of aliphatic hydroxyl groups excluding tert-OH is 1. The van der Waals surface area contributed by atoms with Crippen molar-refractivity contribution in [1.29, 1.82) is 0 Å². The van der Waals surface area contributed by atoms with E-state index in [9.17, 15) is 9.90 Å². The zero-order valence-corrected chi connectivity index (χ0v) is 15.4. The van der Waals surface area contributed by atoms with Crippen LogP contribution in [0.5, 0.6) is 0 Å². The molecule has 1 aromatic carbocycles. The number of aliphatic hydroxyl groups is 1. The maximum atomic E-state index is 12.6. The third-order valence-electron chi connectivity index (χ3n) is 3.36. The highest BCUT2D eigenvalue weighted by Gasteiger charge is 2.34. The molecule has 0 spiro atoms. The Morgan fingerprint density at radius 2 is 1.76 bits per heavy atom. The summed E-state index contributed by atoms with van der Waals surface area (Å²) in [5, 5.41) is 10.7. The molecular weight excluding hydrogens is 300 g/mol. The van der Waals surface area contributed by atoms with Crippen molar-refractivity contribution in [3.63, 3.8) is 0 Å². The Hall–Kier alpha value is -0.643. The Morgan fingerprint density at radius 1 is 1.24 bits per heavy atom. The van der Waals surface area contributed by atoms with Gasteiger partial charge in [0.25, 0.3) is 0 Å². The second kappa shape index (κ2) is 7.08. The summed E-state index contributed by atoms with van der Waals surface area (Å²) >= 11 is 6.20. The fraction of sp³-hybridized carbons (Fsp3) is 0.588. The van der Waals surface area contributed by atoms with E-state index < -0.39 is 19.1 Å². The molecule has 1 aromatic rings. The molecule has 0 saturated heterocycles. The third kappa shape index (κ3) is 6.77. The van der Waals surface area contributed by atoms with Gasteiger partial charge in [-0.15, -0.1) is 11.6 Å². The minimum Gasteiger partial charge on any atom is -0.388 e. The SMILES string of the molecule is CC(C)(Cl)CC(=O)[C@@H](C[Si](C)(C)C)[C@H](O)c1ccccc1. The summed E-state index contributed by atoms with van der Waals surface area (Å²) in [5.74, 6) is -0.300. The molecule has 118 valence electrons. The van der Waals surface area contributed by atoms with E-state index in [0.717, 1.165) is 11.6 Å². The predicted octanol–water partition coefficient (Wildman–Crippen LogP) is 4.65. The average molecular weight is 327 g/mol. The minimum atomic E-state index is -1.48. The number of benzene rings is 1. The van der Waals surface area contributed by atoms with Crippen molar-refractivity contribution in [2.24, 2.45) is 5.92 Å². The molecular formula is C17H27ClO2Si. The lowest BCUT2D eigenvalue weighted by Crippen LogP contribution is -2.34. The first kappa shape index (κ1) is 18.4. The number of ketones is 1. The first-order valence-corrected chi connectivity index (χ1v) is 11.5. The maximum absolute atomic E-state index is 12.6. The highest BCUT2D eigenvalue weighted by atomic mass is 35.5. The Kier molecular flexibility index (Phi) is 6.20. The standard InChI is InChI=1S/C17H27ClO2Si/c1-17(2,18)11-15(19)14(12-21(3,4)5)16(20)13-9-7-6-8-10-13/h6-10,14,16,20H,11-12H2,1-5H3/t14-,16-/m1/s1. The van der Waals surface area contributed by atoms with Crippen LogP contribution in [0.1, 0.15) is 31.9 Å². The Labute approximate surface area is 134 Å². The molecule has 0 aliphatic heterocycles. The van der Waals surface area contributed by atoms with Crippen LogP contribution in [0.2, 0.25) is 25.7 Å². The quantitative estimate of drug-likeness (QED) is 0.585. The van der Waals surface area contributed by atoms with Crippen LogP contribution in [0, 0.1) is 5.92 Å². The van der Waals surface area contributed by atoms with Gasteiger partial charge in [-0.2, -0.15) is 0 Å². The van der Waals surface area contributed by atoms with E-state index in [1.54, 1.807) is 0 Å². The number of alkyl halides is 1. The smallest absolute Gasteiger partial charge is 0.140 e. The molecule has 0 aliphatic rings. The van der Waals surface area contributed by atoms with Gasteiger partial charge in [-0.05, 0) is 25.5 Å². The van der Waals surface area contributed by atoms with Crippen LogP contribution in [0.15, 0.2) is 30.3 Å². The summed E-state index contributed by atoms with van der Waals surface area (Å²) in [7, 11) is -1.48. The Balaban J connectivity index is 2.99. The number of Topliss-reactive ketones (excluding diaryl/α,β-unsaturated/α-hetero) is 1. The Morgan fingerprint density at radius 3 is 2.19 bits per heavy atom. The van der Waals surface area contributed by atoms with Gasteiger partial charge in [0, 0.05) is 25.3 Å². The van der Waals surface area contributed by atoms with Gasteiger partial charge < -0.3 is 5.11 Å². The van der Waals surface area contributed by atoms with Gasteiger partial charge in [0.05, 0.1) is 6.10 Å². The molecule has 0 radical (unpaired) electrons. The average Bonchev–Trinajstić information content (AvgIpc) is 2.33. The molecule has 2 nitrogen and oxygen atoms in total. The topological polar surface area (TPSA) is 37.3 Å². The van der Waals surface area contributed by atoms with Crippen molar-refractivity contribution in [3.05, 3.63) is 35.9 Å². The molecule has 0 aliphatic carbocycles. The Bertz CT molecular complexity index is 460. The van der Waals surface area contributed by atoms with Crippen LogP contribution in [0.25, 0.3) is 0 Å². The van der Waals surface area contributed by atoms with Crippen LogP contribution in [0.3, 0.4) is 0 Å². The first-order chi connectivity index (χ1) is 9.49. The normalized spacial score (nSPS) is 15.6. The molecule has 1 rings (SSSR count). The molecule has 0 bridgehead atoms. The van der Waals surface area contributed by atoms with E-state index in [1.807, 2.05) is 44.2 Å². The fourth-order valence-corrected chi connectivity index (χ4v) is 4.39. The van der Waals surface area contributed by atoms with E-state index in [-0.39, 0.29) is 18.1 Å². The van der Waals surface area contributed by atoms with Crippen molar-refractivity contribution < 1.29 is 9.90 Å². The minimum absolute atomic E-state index is 0.0637. The fourth-order valence-electron chi connectivity index (χ4n) is 2.49. The van der Waals surface area contributed by atoms with Crippen LogP contribution in [-0.2, 0) is 4.79 Å². The molecule has 21 heavy (non-hydrogen) atoms. The maximum Gasteiger partial charge on any atom is 0.140 e. The lowest BCUT2D eigenvalue weighted by Gasteiger charge is -2.29. The van der Waals surface area contributed by atoms with Gasteiger partial charge in [-0.3, -0.25) is 4.79 Å². The van der Waals surface area contributed by atoms with Crippen LogP contribution in [-0.4, -0.2) is 23.8 Å². The second-order valence-corrected chi connectivity index (χ2v) is 14.1. The number of hydrogen-bond donors (Lipinski definition) is 1. The van der Waals surface area contributed by atoms with E-state index in [4.69, 9.17) is 11.6 Å². The molecule has 0 amide bonds. The molecule has 2 atom stereocenters. The van der Waals surface area contributed by atoms with Gasteiger partial charge >= 0.3 is 0 Å². The summed E-state index contributed by atoms with van der Waals surface area (Å²) < 4.78 is 0. The van der Waals surface area contributed by atoms with Gasteiger partial charge in [-0.1, -0.05) is 50.0 Å². The number of carbonyl (C=O) groups is 1. The van der Waals surface area contributed by atoms with Gasteiger partial charge in [0.2, 0.25) is 0 Å². The van der Waals surface area contributed by atoms with E-state index in [0.29, 0.717) is 0 Å². The summed E-state index contributed by atoms with van der Waals surface area (Å²) in [4.78, 5) is 12.1. The predicted molar refractivity (Wildman–Crippen MR) is 92.6 cm³/mol. The summed E-state index contributed by atoms with van der Waals surface area (Å²) in [6, 6.07) is 10.2. The van der Waals surface area contributed by atoms with Gasteiger partial charge in [0.1, 0.15) is 5.78 Å². The number of rotatable bonds is 7. The zero-order valence-electron chi connectivity index (χ0n) is 13.7. The first-order valence-electron chi connectivity index (χ1n) is 7.44. The van der Waals surface area contributed by atoms with Crippen LogP contribution in [0.4, 0.5) is 0 Å². The second-order valence-electron chi connectivity index (χ2n) is 7.59. The molecule has 0 fully saturated rings. The van der Waals surface area contributed by atoms with Crippen molar-refractivity contribution in [3.8, 4) is 0 Å². The number of carbonyl (C=O) groups excluding carboxylic acids is 1. The summed E-state index contributed by atoms with van der Waals surface area (Å²) in [5.41, 5.74) is 0.807. The van der Waals surface area contributed by atoms with Crippen molar-refractivity contribution in [1.82, 2.24) is 0 Å². The monoisotopic (exact) mass is 326 g/mol. The van der Waals surface area contributed by atoms with E-state index >= 15 is 0 Å². The molecule has 0 aromatic heterocycles. The van der Waals surface area contributed by atoms with E-state index in [2.05, 4.69) is 19.6 Å². The van der Waals surface area contributed by atoms with E-state index in [1.165, 1.54) is 0 Å². The lowest BCUT2D eigenvalue weighted by atomic mass is 9.89. The van der Waals surface area contributed by atoms with Crippen molar-refractivity contribution in [2.75, 3.05) is 0 Å². The van der Waals surface area contributed by atoms with Gasteiger partial charge in [0.15, 0.2) is 0 Å².